The Labute approximate surface area is 98.8 Å². The van der Waals surface area contributed by atoms with Crippen molar-refractivity contribution in [3.63, 3.8) is 0 Å². The van der Waals surface area contributed by atoms with Gasteiger partial charge in [0.15, 0.2) is 0 Å². The molecule has 2 atom stereocenters. The van der Waals surface area contributed by atoms with Gasteiger partial charge in [-0.25, -0.2) is 0 Å². The smallest absolute Gasteiger partial charge is 0.0601 e. The van der Waals surface area contributed by atoms with Crippen molar-refractivity contribution < 1.29 is 9.84 Å². The molecular weight excluding hydrogens is 204 g/mol. The molecule has 2 unspecified atom stereocenters. The van der Waals surface area contributed by atoms with E-state index in [1.165, 1.54) is 0 Å². The SMILES string of the molecule is CCCC(N)C(CO)N1CCC(OC)CC1. The second-order valence-corrected chi connectivity index (χ2v) is 4.67. The molecule has 0 amide bonds. The van der Waals surface area contributed by atoms with Gasteiger partial charge in [-0.15, -0.1) is 0 Å². The molecule has 1 aliphatic heterocycles. The van der Waals surface area contributed by atoms with Crippen molar-refractivity contribution >= 4 is 0 Å². The zero-order chi connectivity index (χ0) is 12.0. The first-order chi connectivity index (χ1) is 7.72. The molecule has 96 valence electrons. The van der Waals surface area contributed by atoms with E-state index in [4.69, 9.17) is 10.5 Å². The van der Waals surface area contributed by atoms with Gasteiger partial charge in [-0.1, -0.05) is 13.3 Å². The average molecular weight is 230 g/mol. The number of rotatable bonds is 6. The van der Waals surface area contributed by atoms with Crippen molar-refractivity contribution in [3.8, 4) is 0 Å². The summed E-state index contributed by atoms with van der Waals surface area (Å²) in [5.41, 5.74) is 6.10. The molecule has 3 N–H and O–H groups in total. The fraction of sp³-hybridized carbons (Fsp3) is 1.00. The highest BCUT2D eigenvalue weighted by Gasteiger charge is 2.27. The Morgan fingerprint density at radius 3 is 2.50 bits per heavy atom. The van der Waals surface area contributed by atoms with Crippen LogP contribution in [0.3, 0.4) is 0 Å². The van der Waals surface area contributed by atoms with Gasteiger partial charge in [0.05, 0.1) is 12.7 Å². The third kappa shape index (κ3) is 3.70. The van der Waals surface area contributed by atoms with E-state index in [-0.39, 0.29) is 18.7 Å². The monoisotopic (exact) mass is 230 g/mol. The predicted molar refractivity (Wildman–Crippen MR) is 65.4 cm³/mol. The molecule has 16 heavy (non-hydrogen) atoms. The largest absolute Gasteiger partial charge is 0.395 e. The van der Waals surface area contributed by atoms with E-state index >= 15 is 0 Å². The summed E-state index contributed by atoms with van der Waals surface area (Å²) in [6, 6.07) is 0.215. The van der Waals surface area contributed by atoms with Gasteiger partial charge >= 0.3 is 0 Å². The fourth-order valence-electron chi connectivity index (χ4n) is 2.49. The van der Waals surface area contributed by atoms with E-state index in [9.17, 15) is 5.11 Å². The van der Waals surface area contributed by atoms with Gasteiger partial charge in [-0.05, 0) is 19.3 Å². The lowest BCUT2D eigenvalue weighted by atomic mass is 9.99. The van der Waals surface area contributed by atoms with Crippen LogP contribution in [0.25, 0.3) is 0 Å². The summed E-state index contributed by atoms with van der Waals surface area (Å²) in [4.78, 5) is 2.32. The van der Waals surface area contributed by atoms with E-state index in [2.05, 4.69) is 11.8 Å². The highest BCUT2D eigenvalue weighted by atomic mass is 16.5. The minimum absolute atomic E-state index is 0.0918. The van der Waals surface area contributed by atoms with Crippen molar-refractivity contribution in [2.75, 3.05) is 26.8 Å². The molecule has 0 aromatic carbocycles. The Morgan fingerprint density at radius 1 is 1.44 bits per heavy atom. The number of nitrogens with zero attached hydrogens (tertiary/aromatic N) is 1. The van der Waals surface area contributed by atoms with Crippen LogP contribution in [0.4, 0.5) is 0 Å². The molecule has 0 spiro atoms. The van der Waals surface area contributed by atoms with Gasteiger partial charge in [-0.2, -0.15) is 0 Å². The molecule has 4 nitrogen and oxygen atoms in total. The number of ether oxygens (including phenoxy) is 1. The van der Waals surface area contributed by atoms with Gasteiger partial charge in [0.1, 0.15) is 0 Å². The Kier molecular flexibility index (Phi) is 6.28. The summed E-state index contributed by atoms with van der Waals surface area (Å²) >= 11 is 0. The summed E-state index contributed by atoms with van der Waals surface area (Å²) in [5.74, 6) is 0. The number of nitrogens with two attached hydrogens (primary N) is 1. The van der Waals surface area contributed by atoms with Crippen LogP contribution in [0.5, 0.6) is 0 Å². The number of aliphatic hydroxyl groups excluding tert-OH is 1. The molecular formula is C12H26N2O2. The van der Waals surface area contributed by atoms with Crippen molar-refractivity contribution in [2.24, 2.45) is 5.73 Å². The first-order valence-electron chi connectivity index (χ1n) is 6.36. The molecule has 1 heterocycles. The maximum atomic E-state index is 9.45. The molecule has 0 radical (unpaired) electrons. The van der Waals surface area contributed by atoms with Crippen molar-refractivity contribution in [2.45, 2.75) is 50.8 Å². The first-order valence-corrected chi connectivity index (χ1v) is 6.36. The van der Waals surface area contributed by atoms with Crippen LogP contribution in [0.2, 0.25) is 0 Å². The topological polar surface area (TPSA) is 58.7 Å². The second kappa shape index (κ2) is 7.22. The van der Waals surface area contributed by atoms with Gasteiger partial charge in [-0.3, -0.25) is 4.90 Å². The van der Waals surface area contributed by atoms with Gasteiger partial charge in [0.25, 0.3) is 0 Å². The van der Waals surface area contributed by atoms with Crippen LogP contribution >= 0.6 is 0 Å². The summed E-state index contributed by atoms with van der Waals surface area (Å²) in [6.45, 7) is 4.27. The van der Waals surface area contributed by atoms with Crippen LogP contribution in [0.1, 0.15) is 32.6 Å². The molecule has 4 heteroatoms. The second-order valence-electron chi connectivity index (χ2n) is 4.67. The van der Waals surface area contributed by atoms with Crippen molar-refractivity contribution in [3.05, 3.63) is 0 Å². The van der Waals surface area contributed by atoms with E-state index in [0.29, 0.717) is 6.10 Å². The standard InChI is InChI=1S/C12H26N2O2/c1-3-4-11(13)12(9-15)14-7-5-10(16-2)6-8-14/h10-12,15H,3-9,13H2,1-2H3. The number of aliphatic hydroxyl groups is 1. The molecule has 1 rings (SSSR count). The third-order valence-corrected chi connectivity index (χ3v) is 3.58. The molecule has 0 aromatic rings. The van der Waals surface area contributed by atoms with E-state index in [1.807, 2.05) is 0 Å². The zero-order valence-corrected chi connectivity index (χ0v) is 10.6. The molecule has 0 aliphatic carbocycles. The fourth-order valence-corrected chi connectivity index (χ4v) is 2.49. The maximum absolute atomic E-state index is 9.45. The lowest BCUT2D eigenvalue weighted by molar-refractivity contribution is 0.0101. The lowest BCUT2D eigenvalue weighted by Crippen LogP contribution is -2.53. The zero-order valence-electron chi connectivity index (χ0n) is 10.6. The lowest BCUT2D eigenvalue weighted by Gasteiger charge is -2.38. The van der Waals surface area contributed by atoms with E-state index in [1.54, 1.807) is 7.11 Å². The molecule has 0 aromatic heterocycles. The molecule has 0 bridgehead atoms. The number of methoxy groups -OCH3 is 1. The quantitative estimate of drug-likeness (QED) is 0.701. The summed E-state index contributed by atoms with van der Waals surface area (Å²) in [7, 11) is 1.77. The van der Waals surface area contributed by atoms with Gasteiger partial charge in [0, 0.05) is 32.3 Å². The Balaban J connectivity index is 2.42. The predicted octanol–water partition coefficient (Wildman–Crippen LogP) is 0.586. The number of piperidine rings is 1. The van der Waals surface area contributed by atoms with Crippen LogP contribution in [-0.4, -0.2) is 55.0 Å². The molecule has 1 fully saturated rings. The maximum Gasteiger partial charge on any atom is 0.0601 e. The summed E-state index contributed by atoms with van der Waals surface area (Å²) in [5, 5.41) is 9.45. The van der Waals surface area contributed by atoms with Crippen LogP contribution in [0, 0.1) is 0 Å². The number of hydrogen-bond acceptors (Lipinski definition) is 4. The third-order valence-electron chi connectivity index (χ3n) is 3.58. The first kappa shape index (κ1) is 13.9. The Morgan fingerprint density at radius 2 is 2.06 bits per heavy atom. The summed E-state index contributed by atoms with van der Waals surface area (Å²) in [6.07, 6.45) is 4.54. The van der Waals surface area contributed by atoms with Gasteiger partial charge < -0.3 is 15.6 Å². The number of hydrogen-bond donors (Lipinski definition) is 2. The van der Waals surface area contributed by atoms with E-state index in [0.717, 1.165) is 38.8 Å². The molecule has 0 saturated carbocycles. The summed E-state index contributed by atoms with van der Waals surface area (Å²) < 4.78 is 5.34. The average Bonchev–Trinajstić information content (AvgIpc) is 2.31. The van der Waals surface area contributed by atoms with Gasteiger partial charge in [0.2, 0.25) is 0 Å². The normalized spacial score (nSPS) is 23.2. The van der Waals surface area contributed by atoms with E-state index < -0.39 is 0 Å². The minimum Gasteiger partial charge on any atom is -0.395 e. The molecule has 1 aliphatic rings. The number of likely N-dealkylation sites (tertiary alicyclic amines) is 1. The van der Waals surface area contributed by atoms with Crippen LogP contribution < -0.4 is 5.73 Å². The Bertz CT molecular complexity index is 182. The minimum atomic E-state index is 0.0918. The van der Waals surface area contributed by atoms with Crippen molar-refractivity contribution in [1.29, 1.82) is 0 Å². The van der Waals surface area contributed by atoms with Crippen LogP contribution in [-0.2, 0) is 4.74 Å². The highest BCUT2D eigenvalue weighted by Crippen LogP contribution is 2.17. The molecule has 1 saturated heterocycles. The van der Waals surface area contributed by atoms with Crippen LogP contribution in [0.15, 0.2) is 0 Å². The van der Waals surface area contributed by atoms with Crippen molar-refractivity contribution in [1.82, 2.24) is 4.90 Å². The highest BCUT2D eigenvalue weighted by molar-refractivity contribution is 4.85. The Hall–Kier alpha value is -0.160.